The van der Waals surface area contributed by atoms with Crippen molar-refractivity contribution in [2.45, 2.75) is 39.7 Å². The molecule has 1 aliphatic heterocycles. The quantitative estimate of drug-likeness (QED) is 0.523. The number of benzene rings is 2. The van der Waals surface area contributed by atoms with E-state index in [4.69, 9.17) is 14.2 Å². The Labute approximate surface area is 187 Å². The second-order valence-electron chi connectivity index (χ2n) is 8.93. The number of hydrogen-bond donors (Lipinski definition) is 2. The lowest BCUT2D eigenvalue weighted by Gasteiger charge is -2.34. The van der Waals surface area contributed by atoms with Crippen molar-refractivity contribution in [2.75, 3.05) is 24.9 Å². The molecule has 0 fully saturated rings. The van der Waals surface area contributed by atoms with Crippen molar-refractivity contribution in [3.63, 3.8) is 0 Å². The standard InChI is InChI=1S/C25H28N2O5/c1-14(28)32-24-20(30-4)10-15(11-21(24)31-5)23-22-18(12-25(2,3)13-19(22)29)26-16-8-6-7-9-17(16)27-23/h6-11,23,26-27H,12-13H2,1-5H3/t23-/m0/s1. The zero-order chi connectivity index (χ0) is 23.0. The molecular weight excluding hydrogens is 408 g/mol. The van der Waals surface area contributed by atoms with E-state index in [1.807, 2.05) is 24.3 Å². The Morgan fingerprint density at radius 3 is 2.25 bits per heavy atom. The number of Topliss-reactive ketones (excluding diaryl/α,β-unsaturated/α-hetero) is 1. The largest absolute Gasteiger partial charge is 0.493 e. The van der Waals surface area contributed by atoms with Gasteiger partial charge in [0.25, 0.3) is 0 Å². The van der Waals surface area contributed by atoms with Gasteiger partial charge in [-0.2, -0.15) is 0 Å². The van der Waals surface area contributed by atoms with Gasteiger partial charge >= 0.3 is 5.97 Å². The number of ether oxygens (including phenoxy) is 3. The zero-order valence-electron chi connectivity index (χ0n) is 19.0. The molecule has 0 aromatic heterocycles. The number of allylic oxidation sites excluding steroid dienone is 1. The van der Waals surface area contributed by atoms with Crippen molar-refractivity contribution in [3.8, 4) is 17.2 Å². The van der Waals surface area contributed by atoms with Crippen molar-refractivity contribution >= 4 is 23.1 Å². The number of fused-ring (bicyclic) bond motifs is 1. The number of esters is 1. The van der Waals surface area contributed by atoms with Crippen LogP contribution in [0.15, 0.2) is 47.7 Å². The molecule has 2 aliphatic rings. The van der Waals surface area contributed by atoms with Crippen LogP contribution in [0.4, 0.5) is 11.4 Å². The van der Waals surface area contributed by atoms with E-state index in [1.54, 1.807) is 12.1 Å². The SMILES string of the molecule is COc1cc([C@@H]2Nc3ccccc3NC3=C2C(=O)CC(C)(C)C3)cc(OC)c1OC(C)=O. The summed E-state index contributed by atoms with van der Waals surface area (Å²) in [5, 5.41) is 7.04. The van der Waals surface area contributed by atoms with Gasteiger partial charge in [0.2, 0.25) is 5.75 Å². The van der Waals surface area contributed by atoms with Gasteiger partial charge in [-0.1, -0.05) is 26.0 Å². The third-order valence-electron chi connectivity index (χ3n) is 5.78. The number of nitrogens with one attached hydrogen (secondary N) is 2. The maximum absolute atomic E-state index is 13.4. The molecule has 1 heterocycles. The van der Waals surface area contributed by atoms with Crippen molar-refractivity contribution in [3.05, 3.63) is 53.2 Å². The van der Waals surface area contributed by atoms with Gasteiger partial charge < -0.3 is 24.8 Å². The van der Waals surface area contributed by atoms with E-state index < -0.39 is 12.0 Å². The minimum atomic E-state index is -0.477. The van der Waals surface area contributed by atoms with Crippen molar-refractivity contribution in [2.24, 2.45) is 5.41 Å². The lowest BCUT2D eigenvalue weighted by molar-refractivity contribution is -0.132. The topological polar surface area (TPSA) is 85.9 Å². The predicted molar refractivity (Wildman–Crippen MR) is 122 cm³/mol. The number of para-hydroxylation sites is 2. The van der Waals surface area contributed by atoms with E-state index >= 15 is 0 Å². The Bertz CT molecular complexity index is 1090. The normalized spacial score (nSPS) is 19.0. The first-order valence-corrected chi connectivity index (χ1v) is 10.6. The summed E-state index contributed by atoms with van der Waals surface area (Å²) in [5.74, 6) is 0.537. The summed E-state index contributed by atoms with van der Waals surface area (Å²) in [5.41, 5.74) is 4.05. The van der Waals surface area contributed by atoms with Crippen LogP contribution in [-0.4, -0.2) is 26.0 Å². The molecule has 1 aliphatic carbocycles. The highest BCUT2D eigenvalue weighted by atomic mass is 16.6. The number of ketones is 1. The van der Waals surface area contributed by atoms with Crippen LogP contribution < -0.4 is 24.8 Å². The molecule has 4 rings (SSSR count). The Kier molecular flexibility index (Phi) is 5.59. The average Bonchev–Trinajstić information content (AvgIpc) is 2.89. The van der Waals surface area contributed by atoms with E-state index in [0.29, 0.717) is 23.5 Å². The first kappa shape index (κ1) is 21.7. The van der Waals surface area contributed by atoms with Crippen LogP contribution in [0.1, 0.15) is 45.2 Å². The molecule has 0 saturated heterocycles. The fraction of sp³-hybridized carbons (Fsp3) is 0.360. The number of methoxy groups -OCH3 is 2. The fourth-order valence-electron chi connectivity index (χ4n) is 4.45. The molecule has 0 unspecified atom stereocenters. The Balaban J connectivity index is 1.90. The smallest absolute Gasteiger partial charge is 0.308 e. The second-order valence-corrected chi connectivity index (χ2v) is 8.93. The first-order chi connectivity index (χ1) is 15.2. The lowest BCUT2D eigenvalue weighted by Crippen LogP contribution is -2.31. The summed E-state index contributed by atoms with van der Waals surface area (Å²) in [6, 6.07) is 11.0. The van der Waals surface area contributed by atoms with Crippen LogP contribution in [0, 0.1) is 5.41 Å². The number of carbonyl (C=O) groups excluding carboxylic acids is 2. The van der Waals surface area contributed by atoms with Crippen molar-refractivity contribution < 1.29 is 23.8 Å². The maximum atomic E-state index is 13.4. The van der Waals surface area contributed by atoms with E-state index in [9.17, 15) is 9.59 Å². The number of rotatable bonds is 4. The summed E-state index contributed by atoms with van der Waals surface area (Å²) in [6.45, 7) is 5.53. The van der Waals surface area contributed by atoms with Crippen LogP contribution >= 0.6 is 0 Å². The second kappa shape index (κ2) is 8.22. The molecule has 32 heavy (non-hydrogen) atoms. The lowest BCUT2D eigenvalue weighted by atomic mass is 9.73. The molecule has 0 saturated carbocycles. The van der Waals surface area contributed by atoms with E-state index in [2.05, 4.69) is 24.5 Å². The highest BCUT2D eigenvalue weighted by molar-refractivity contribution is 6.01. The van der Waals surface area contributed by atoms with Gasteiger partial charge in [0.15, 0.2) is 17.3 Å². The van der Waals surface area contributed by atoms with E-state index in [-0.39, 0.29) is 16.9 Å². The van der Waals surface area contributed by atoms with Crippen LogP contribution in [0.2, 0.25) is 0 Å². The van der Waals surface area contributed by atoms with Crippen LogP contribution in [0.5, 0.6) is 17.2 Å². The minimum absolute atomic E-state index is 0.0936. The summed E-state index contributed by atoms with van der Waals surface area (Å²) in [7, 11) is 3.00. The van der Waals surface area contributed by atoms with Gasteiger partial charge in [-0.25, -0.2) is 0 Å². The van der Waals surface area contributed by atoms with Gasteiger partial charge in [-0.15, -0.1) is 0 Å². The zero-order valence-corrected chi connectivity index (χ0v) is 19.0. The van der Waals surface area contributed by atoms with Gasteiger partial charge in [-0.05, 0) is 41.7 Å². The molecule has 2 N–H and O–H groups in total. The highest BCUT2D eigenvalue weighted by Crippen LogP contribution is 2.48. The van der Waals surface area contributed by atoms with E-state index in [0.717, 1.165) is 29.1 Å². The van der Waals surface area contributed by atoms with Gasteiger partial charge in [0.1, 0.15) is 0 Å². The number of carbonyl (C=O) groups is 2. The summed E-state index contributed by atoms with van der Waals surface area (Å²) in [4.78, 5) is 25.0. The number of anilines is 2. The van der Waals surface area contributed by atoms with Crippen molar-refractivity contribution in [1.82, 2.24) is 0 Å². The molecule has 0 spiro atoms. The molecule has 1 atom stereocenters. The molecule has 7 nitrogen and oxygen atoms in total. The van der Waals surface area contributed by atoms with Crippen LogP contribution in [0.25, 0.3) is 0 Å². The molecular formula is C25H28N2O5. The monoisotopic (exact) mass is 436 g/mol. The first-order valence-electron chi connectivity index (χ1n) is 10.6. The third-order valence-corrected chi connectivity index (χ3v) is 5.78. The average molecular weight is 437 g/mol. The van der Waals surface area contributed by atoms with Gasteiger partial charge in [0, 0.05) is 24.6 Å². The third kappa shape index (κ3) is 4.02. The Morgan fingerprint density at radius 2 is 1.66 bits per heavy atom. The van der Waals surface area contributed by atoms with Gasteiger partial charge in [0.05, 0.1) is 31.6 Å². The molecule has 0 amide bonds. The Hall–Kier alpha value is -3.48. The minimum Gasteiger partial charge on any atom is -0.493 e. The molecule has 0 bridgehead atoms. The van der Waals surface area contributed by atoms with Gasteiger partial charge in [-0.3, -0.25) is 9.59 Å². The predicted octanol–water partition coefficient (Wildman–Crippen LogP) is 4.85. The molecule has 7 heteroatoms. The number of hydrogen-bond acceptors (Lipinski definition) is 7. The summed E-state index contributed by atoms with van der Waals surface area (Å²) in [6.07, 6.45) is 1.21. The van der Waals surface area contributed by atoms with Crippen LogP contribution in [-0.2, 0) is 9.59 Å². The fourth-order valence-corrected chi connectivity index (χ4v) is 4.45. The van der Waals surface area contributed by atoms with Crippen molar-refractivity contribution in [1.29, 1.82) is 0 Å². The Morgan fingerprint density at radius 1 is 1.03 bits per heavy atom. The molecule has 0 radical (unpaired) electrons. The summed E-state index contributed by atoms with van der Waals surface area (Å²) < 4.78 is 16.4. The maximum Gasteiger partial charge on any atom is 0.308 e. The van der Waals surface area contributed by atoms with E-state index in [1.165, 1.54) is 21.1 Å². The van der Waals surface area contributed by atoms with Crippen LogP contribution in [0.3, 0.4) is 0 Å². The summed E-state index contributed by atoms with van der Waals surface area (Å²) >= 11 is 0. The molecule has 2 aromatic carbocycles. The molecule has 2 aromatic rings. The highest BCUT2D eigenvalue weighted by Gasteiger charge is 2.39. The molecule has 168 valence electrons.